The first-order chi connectivity index (χ1) is 16.7. The second kappa shape index (κ2) is 9.77. The van der Waals surface area contributed by atoms with Gasteiger partial charge in [-0.25, -0.2) is 9.97 Å². The highest BCUT2D eigenvalue weighted by Gasteiger charge is 2.26. The summed E-state index contributed by atoms with van der Waals surface area (Å²) in [7, 11) is 4.56. The molecule has 0 spiro atoms. The van der Waals surface area contributed by atoms with Gasteiger partial charge in [0.1, 0.15) is 22.8 Å². The van der Waals surface area contributed by atoms with Crippen LogP contribution < -0.4 is 14.8 Å². The van der Waals surface area contributed by atoms with E-state index in [1.807, 2.05) is 0 Å². The Bertz CT molecular complexity index is 1450. The molecule has 0 aliphatic carbocycles. The van der Waals surface area contributed by atoms with Gasteiger partial charge in [0.25, 0.3) is 0 Å². The third-order valence-corrected chi connectivity index (χ3v) is 5.77. The number of amides is 1. The molecule has 180 valence electrons. The molecule has 4 rings (SSSR count). The van der Waals surface area contributed by atoms with Crippen LogP contribution in [-0.2, 0) is 18.3 Å². The zero-order valence-electron chi connectivity index (χ0n) is 18.9. The van der Waals surface area contributed by atoms with Crippen molar-refractivity contribution >= 4 is 51.7 Å². The molecule has 0 bridgehead atoms. The molecule has 0 fully saturated rings. The lowest BCUT2D eigenvalue weighted by Crippen LogP contribution is -2.09. The van der Waals surface area contributed by atoms with Gasteiger partial charge >= 0.3 is 0 Å². The van der Waals surface area contributed by atoms with Crippen molar-refractivity contribution in [2.24, 2.45) is 7.05 Å². The van der Waals surface area contributed by atoms with E-state index in [1.165, 1.54) is 38.6 Å². The molecule has 1 N–H and O–H groups in total. The van der Waals surface area contributed by atoms with Crippen LogP contribution in [0.1, 0.15) is 27.6 Å². The molecule has 3 heterocycles. The van der Waals surface area contributed by atoms with Gasteiger partial charge in [-0.2, -0.15) is 5.10 Å². The van der Waals surface area contributed by atoms with E-state index in [-0.39, 0.29) is 45.2 Å². The van der Waals surface area contributed by atoms with Crippen molar-refractivity contribution in [2.75, 3.05) is 19.5 Å². The molecule has 0 aliphatic rings. The summed E-state index contributed by atoms with van der Waals surface area (Å²) in [6.07, 6.45) is 4.51. The fourth-order valence-corrected chi connectivity index (χ4v) is 4.06. The van der Waals surface area contributed by atoms with Gasteiger partial charge in [-0.05, 0) is 6.08 Å². The molecule has 0 atom stereocenters. The van der Waals surface area contributed by atoms with Gasteiger partial charge in [-0.1, -0.05) is 29.8 Å². The van der Waals surface area contributed by atoms with E-state index >= 15 is 0 Å². The number of furan rings is 1. The lowest BCUT2D eigenvalue weighted by molar-refractivity contribution is -0.111. The van der Waals surface area contributed by atoms with Gasteiger partial charge in [0.2, 0.25) is 11.7 Å². The third-order valence-electron chi connectivity index (χ3n) is 5.02. The molecule has 0 saturated carbocycles. The van der Waals surface area contributed by atoms with Crippen molar-refractivity contribution in [3.63, 3.8) is 0 Å². The van der Waals surface area contributed by atoms with Gasteiger partial charge < -0.3 is 19.2 Å². The lowest BCUT2D eigenvalue weighted by atomic mass is 10.1. The highest BCUT2D eigenvalue weighted by molar-refractivity contribution is 6.42. The number of ketones is 1. The molecular formula is C23H19Cl2N5O5. The van der Waals surface area contributed by atoms with Gasteiger partial charge in [0.15, 0.2) is 11.3 Å². The minimum Gasteiger partial charge on any atom is -0.495 e. The number of nitrogens with one attached hydrogen (secondary N) is 1. The van der Waals surface area contributed by atoms with E-state index in [1.54, 1.807) is 17.9 Å². The van der Waals surface area contributed by atoms with Crippen LogP contribution in [0.5, 0.6) is 11.5 Å². The summed E-state index contributed by atoms with van der Waals surface area (Å²) < 4.78 is 17.7. The SMILES string of the molecule is C=CC(=O)Nc1cn(C)nc1Cc1ncc2oc(C(=O)c3c(Cl)c(OC)cc(OC)c3Cl)cc2n1. The summed E-state index contributed by atoms with van der Waals surface area (Å²) in [5.74, 6) is -0.115. The second-order valence-electron chi connectivity index (χ2n) is 7.29. The number of nitrogens with zero attached hydrogens (tertiary/aromatic N) is 4. The Morgan fingerprint density at radius 3 is 2.51 bits per heavy atom. The van der Waals surface area contributed by atoms with Crippen molar-refractivity contribution in [1.82, 2.24) is 19.7 Å². The number of ether oxygens (including phenoxy) is 2. The van der Waals surface area contributed by atoms with Crippen LogP contribution in [0, 0.1) is 0 Å². The number of halogens is 2. The number of carbonyl (C=O) groups excluding carboxylic acids is 2. The molecule has 1 aromatic carbocycles. The highest BCUT2D eigenvalue weighted by Crippen LogP contribution is 2.41. The molecule has 4 aromatic rings. The Kier molecular flexibility index (Phi) is 6.77. The predicted octanol–water partition coefficient (Wildman–Crippen LogP) is 4.23. The molecule has 1 amide bonds. The van der Waals surface area contributed by atoms with Gasteiger partial charge in [0, 0.05) is 25.4 Å². The third kappa shape index (κ3) is 4.71. The molecule has 10 nitrogen and oxygen atoms in total. The van der Waals surface area contributed by atoms with Crippen LogP contribution in [0.25, 0.3) is 11.1 Å². The Morgan fingerprint density at radius 1 is 1.20 bits per heavy atom. The number of anilines is 1. The summed E-state index contributed by atoms with van der Waals surface area (Å²) in [6.45, 7) is 3.45. The number of rotatable bonds is 8. The van der Waals surface area contributed by atoms with E-state index in [2.05, 4.69) is 27.0 Å². The number of fused-ring (bicyclic) bond motifs is 1. The van der Waals surface area contributed by atoms with E-state index in [9.17, 15) is 9.59 Å². The number of aromatic nitrogens is 4. The maximum atomic E-state index is 13.3. The van der Waals surface area contributed by atoms with Gasteiger partial charge in [-0.3, -0.25) is 14.3 Å². The largest absolute Gasteiger partial charge is 0.495 e. The Balaban J connectivity index is 1.68. The van der Waals surface area contributed by atoms with Crippen LogP contribution in [0.3, 0.4) is 0 Å². The average molecular weight is 516 g/mol. The van der Waals surface area contributed by atoms with Crippen LogP contribution in [0.15, 0.2) is 41.6 Å². The smallest absolute Gasteiger partial charge is 0.247 e. The molecule has 3 aromatic heterocycles. The van der Waals surface area contributed by atoms with Crippen molar-refractivity contribution in [3.8, 4) is 11.5 Å². The first kappa shape index (κ1) is 24.2. The minimum atomic E-state index is -0.573. The second-order valence-corrected chi connectivity index (χ2v) is 8.05. The summed E-state index contributed by atoms with van der Waals surface area (Å²) in [4.78, 5) is 33.7. The fourth-order valence-electron chi connectivity index (χ4n) is 3.38. The van der Waals surface area contributed by atoms with Crippen molar-refractivity contribution < 1.29 is 23.5 Å². The van der Waals surface area contributed by atoms with E-state index in [4.69, 9.17) is 37.1 Å². The summed E-state index contributed by atoms with van der Waals surface area (Å²) in [5.41, 5.74) is 1.74. The Hall–Kier alpha value is -3.89. The molecule has 0 unspecified atom stereocenters. The van der Waals surface area contributed by atoms with Gasteiger partial charge in [0.05, 0.1) is 53.8 Å². The number of methoxy groups -OCH3 is 2. The number of aryl methyl sites for hydroxylation is 1. The number of hydrogen-bond donors (Lipinski definition) is 1. The molecule has 12 heteroatoms. The number of benzene rings is 1. The van der Waals surface area contributed by atoms with Crippen LogP contribution in [0.2, 0.25) is 10.0 Å². The maximum Gasteiger partial charge on any atom is 0.247 e. The molecule has 35 heavy (non-hydrogen) atoms. The number of hydrogen-bond acceptors (Lipinski definition) is 8. The molecule has 0 radical (unpaired) electrons. The summed E-state index contributed by atoms with van der Waals surface area (Å²) in [5, 5.41) is 7.11. The lowest BCUT2D eigenvalue weighted by Gasteiger charge is -2.12. The molecular weight excluding hydrogens is 497 g/mol. The van der Waals surface area contributed by atoms with Crippen molar-refractivity contribution in [2.45, 2.75) is 6.42 Å². The Morgan fingerprint density at radius 2 is 1.89 bits per heavy atom. The number of carbonyl (C=O) groups is 2. The summed E-state index contributed by atoms with van der Waals surface area (Å²) >= 11 is 12.7. The zero-order valence-corrected chi connectivity index (χ0v) is 20.4. The van der Waals surface area contributed by atoms with Crippen LogP contribution in [0.4, 0.5) is 5.69 Å². The maximum absolute atomic E-state index is 13.3. The van der Waals surface area contributed by atoms with Crippen LogP contribution in [-0.4, -0.2) is 45.7 Å². The first-order valence-electron chi connectivity index (χ1n) is 10.1. The highest BCUT2D eigenvalue weighted by atomic mass is 35.5. The summed E-state index contributed by atoms with van der Waals surface area (Å²) in [6, 6.07) is 2.96. The minimum absolute atomic E-state index is 0.0205. The quantitative estimate of drug-likeness (QED) is 0.273. The Labute approximate surface area is 209 Å². The van der Waals surface area contributed by atoms with E-state index in [0.717, 1.165) is 0 Å². The normalized spacial score (nSPS) is 10.9. The van der Waals surface area contributed by atoms with Crippen molar-refractivity contribution in [1.29, 1.82) is 0 Å². The van der Waals surface area contributed by atoms with Crippen LogP contribution >= 0.6 is 23.2 Å². The predicted molar refractivity (Wildman–Crippen MR) is 130 cm³/mol. The topological polar surface area (TPSA) is 121 Å². The van der Waals surface area contributed by atoms with E-state index in [0.29, 0.717) is 28.3 Å². The standard InChI is InChI=1S/C23H19Cl2N5O5/c1-5-19(31)28-13-10-30(2)29-11(13)7-18-26-9-17-12(27-18)6-16(35-17)23(32)20-21(24)14(33-3)8-15(34-4)22(20)25/h5-6,8-10H,1,7H2,2-4H3,(H,28,31). The van der Waals surface area contributed by atoms with Gasteiger partial charge in [-0.15, -0.1) is 0 Å². The average Bonchev–Trinajstić information content (AvgIpc) is 3.41. The molecule has 0 aliphatic heterocycles. The molecule has 0 saturated heterocycles. The monoisotopic (exact) mass is 515 g/mol. The first-order valence-corrected chi connectivity index (χ1v) is 10.9. The fraction of sp³-hybridized carbons (Fsp3) is 0.174. The zero-order chi connectivity index (χ0) is 25.3. The van der Waals surface area contributed by atoms with E-state index < -0.39 is 5.78 Å². The van der Waals surface area contributed by atoms with Crippen molar-refractivity contribution in [3.05, 3.63) is 70.1 Å².